The van der Waals surface area contributed by atoms with Gasteiger partial charge >= 0.3 is 5.97 Å². The molecule has 0 aromatic rings. The van der Waals surface area contributed by atoms with Gasteiger partial charge in [0.1, 0.15) is 6.04 Å². The molecule has 6 heteroatoms. The number of nitrogens with one attached hydrogen (secondary N) is 1. The van der Waals surface area contributed by atoms with Gasteiger partial charge in [0.15, 0.2) is 0 Å². The standard InChI is InChI=1S/C11H22N2O3S/c1-3-4-6-13(2)7-5-10(14)12-9(8-17)11(15)16/h9,17H,3-8H2,1-2H3,(H,12,14)(H,15,16). The molecule has 0 aromatic carbocycles. The van der Waals surface area contributed by atoms with Gasteiger partial charge < -0.3 is 15.3 Å². The summed E-state index contributed by atoms with van der Waals surface area (Å²) in [5, 5.41) is 11.2. The Balaban J connectivity index is 3.82. The van der Waals surface area contributed by atoms with Crippen LogP contribution in [-0.2, 0) is 9.59 Å². The van der Waals surface area contributed by atoms with E-state index >= 15 is 0 Å². The molecule has 1 amide bonds. The first kappa shape index (κ1) is 16.2. The van der Waals surface area contributed by atoms with E-state index < -0.39 is 12.0 Å². The Morgan fingerprint density at radius 1 is 1.41 bits per heavy atom. The fraction of sp³-hybridized carbons (Fsp3) is 0.818. The van der Waals surface area contributed by atoms with Crippen LogP contribution >= 0.6 is 12.6 Å². The smallest absolute Gasteiger partial charge is 0.327 e. The van der Waals surface area contributed by atoms with Crippen LogP contribution in [0.3, 0.4) is 0 Å². The van der Waals surface area contributed by atoms with Crippen LogP contribution in [0.15, 0.2) is 0 Å². The van der Waals surface area contributed by atoms with Crippen molar-refractivity contribution >= 4 is 24.5 Å². The van der Waals surface area contributed by atoms with E-state index in [0.29, 0.717) is 13.0 Å². The Kier molecular flexibility index (Phi) is 8.89. The zero-order chi connectivity index (χ0) is 13.3. The predicted octanol–water partition coefficient (Wildman–Crippen LogP) is 0.608. The Morgan fingerprint density at radius 2 is 2.06 bits per heavy atom. The van der Waals surface area contributed by atoms with Crippen LogP contribution in [0.5, 0.6) is 0 Å². The first-order chi connectivity index (χ1) is 8.01. The normalized spacial score (nSPS) is 12.5. The van der Waals surface area contributed by atoms with Gasteiger partial charge in [-0.25, -0.2) is 4.79 Å². The average Bonchev–Trinajstić information content (AvgIpc) is 2.30. The second-order valence-electron chi connectivity index (χ2n) is 4.05. The van der Waals surface area contributed by atoms with Gasteiger partial charge in [-0.05, 0) is 20.0 Å². The monoisotopic (exact) mass is 262 g/mol. The first-order valence-electron chi connectivity index (χ1n) is 5.82. The molecule has 0 saturated heterocycles. The number of unbranched alkanes of at least 4 members (excludes halogenated alkanes) is 1. The number of carboxylic acid groups (broad SMARTS) is 1. The summed E-state index contributed by atoms with van der Waals surface area (Å²) in [6.45, 7) is 3.72. The predicted molar refractivity (Wildman–Crippen MR) is 70.4 cm³/mol. The van der Waals surface area contributed by atoms with Gasteiger partial charge in [-0.15, -0.1) is 0 Å². The summed E-state index contributed by atoms with van der Waals surface area (Å²) in [4.78, 5) is 24.2. The van der Waals surface area contributed by atoms with Crippen molar-refractivity contribution < 1.29 is 14.7 Å². The van der Waals surface area contributed by atoms with E-state index in [1.165, 1.54) is 0 Å². The largest absolute Gasteiger partial charge is 0.480 e. The van der Waals surface area contributed by atoms with E-state index in [0.717, 1.165) is 19.4 Å². The quantitative estimate of drug-likeness (QED) is 0.532. The second kappa shape index (κ2) is 9.30. The molecule has 1 unspecified atom stereocenters. The highest BCUT2D eigenvalue weighted by atomic mass is 32.1. The molecule has 0 aromatic heterocycles. The van der Waals surface area contributed by atoms with Gasteiger partial charge in [0.25, 0.3) is 0 Å². The minimum Gasteiger partial charge on any atom is -0.480 e. The summed E-state index contributed by atoms with van der Waals surface area (Å²) in [6.07, 6.45) is 2.54. The summed E-state index contributed by atoms with van der Waals surface area (Å²) in [5.41, 5.74) is 0. The maximum atomic E-state index is 11.5. The van der Waals surface area contributed by atoms with Crippen LogP contribution in [-0.4, -0.2) is 53.8 Å². The van der Waals surface area contributed by atoms with Crippen molar-refractivity contribution in [1.82, 2.24) is 10.2 Å². The van der Waals surface area contributed by atoms with Crippen molar-refractivity contribution in [3.8, 4) is 0 Å². The van der Waals surface area contributed by atoms with Crippen molar-refractivity contribution in [2.75, 3.05) is 25.9 Å². The van der Waals surface area contributed by atoms with Gasteiger partial charge in [-0.2, -0.15) is 12.6 Å². The van der Waals surface area contributed by atoms with Crippen LogP contribution < -0.4 is 5.32 Å². The maximum absolute atomic E-state index is 11.5. The highest BCUT2D eigenvalue weighted by Gasteiger charge is 2.17. The number of nitrogens with zero attached hydrogens (tertiary/aromatic N) is 1. The van der Waals surface area contributed by atoms with Gasteiger partial charge in [-0.1, -0.05) is 13.3 Å². The molecule has 100 valence electrons. The van der Waals surface area contributed by atoms with Crippen LogP contribution in [0.25, 0.3) is 0 Å². The molecule has 2 N–H and O–H groups in total. The van der Waals surface area contributed by atoms with E-state index in [1.54, 1.807) is 0 Å². The van der Waals surface area contributed by atoms with Crippen molar-refractivity contribution in [1.29, 1.82) is 0 Å². The van der Waals surface area contributed by atoms with Crippen LogP contribution in [0.1, 0.15) is 26.2 Å². The lowest BCUT2D eigenvalue weighted by Crippen LogP contribution is -2.43. The highest BCUT2D eigenvalue weighted by molar-refractivity contribution is 7.80. The summed E-state index contributed by atoms with van der Waals surface area (Å²) in [5.74, 6) is -1.19. The van der Waals surface area contributed by atoms with Crippen LogP contribution in [0, 0.1) is 0 Å². The molecule has 0 fully saturated rings. The lowest BCUT2D eigenvalue weighted by atomic mass is 10.3. The molecule has 0 spiro atoms. The second-order valence-corrected chi connectivity index (χ2v) is 4.41. The van der Waals surface area contributed by atoms with Gasteiger partial charge in [0, 0.05) is 18.7 Å². The Bertz CT molecular complexity index is 249. The average molecular weight is 262 g/mol. The Hall–Kier alpha value is -0.750. The summed E-state index contributed by atoms with van der Waals surface area (Å²) in [6, 6.07) is -0.896. The van der Waals surface area contributed by atoms with E-state index in [-0.39, 0.29) is 11.7 Å². The fourth-order valence-corrected chi connectivity index (χ4v) is 1.53. The van der Waals surface area contributed by atoms with Gasteiger partial charge in [0.2, 0.25) is 5.91 Å². The lowest BCUT2D eigenvalue weighted by molar-refractivity contribution is -0.141. The molecule has 0 aliphatic rings. The molecule has 0 heterocycles. The highest BCUT2D eigenvalue weighted by Crippen LogP contribution is 1.95. The third kappa shape index (κ3) is 8.04. The minimum absolute atomic E-state index is 0.104. The third-order valence-corrected chi connectivity index (χ3v) is 2.80. The molecule has 1 atom stereocenters. The molecule has 0 radical (unpaired) electrons. The van der Waals surface area contributed by atoms with E-state index in [9.17, 15) is 9.59 Å². The maximum Gasteiger partial charge on any atom is 0.327 e. The SMILES string of the molecule is CCCCN(C)CCC(=O)NC(CS)C(=O)O. The summed E-state index contributed by atoms with van der Waals surface area (Å²) in [7, 11) is 1.95. The molecule has 0 aliphatic carbocycles. The molecule has 0 bridgehead atoms. The van der Waals surface area contributed by atoms with Crippen LogP contribution in [0.2, 0.25) is 0 Å². The number of thiol groups is 1. The summed E-state index contributed by atoms with van der Waals surface area (Å²) < 4.78 is 0. The van der Waals surface area contributed by atoms with Crippen LogP contribution in [0.4, 0.5) is 0 Å². The number of carboxylic acids is 1. The minimum atomic E-state index is -1.05. The number of amides is 1. The lowest BCUT2D eigenvalue weighted by Gasteiger charge is -2.17. The number of carbonyl (C=O) groups is 2. The zero-order valence-corrected chi connectivity index (χ0v) is 11.4. The number of hydrogen-bond donors (Lipinski definition) is 3. The molecule has 0 rings (SSSR count). The topological polar surface area (TPSA) is 69.6 Å². The van der Waals surface area contributed by atoms with E-state index in [2.05, 4.69) is 29.8 Å². The van der Waals surface area contributed by atoms with Crippen molar-refractivity contribution in [2.24, 2.45) is 0 Å². The Morgan fingerprint density at radius 3 is 2.53 bits per heavy atom. The van der Waals surface area contributed by atoms with Crippen molar-refractivity contribution in [3.63, 3.8) is 0 Å². The molecule has 5 nitrogen and oxygen atoms in total. The number of carbonyl (C=O) groups excluding carboxylic acids is 1. The Labute approximate surface area is 108 Å². The number of aliphatic carboxylic acids is 1. The van der Waals surface area contributed by atoms with Crippen molar-refractivity contribution in [3.05, 3.63) is 0 Å². The molecule has 0 aliphatic heterocycles. The molecule has 0 saturated carbocycles. The molecule has 17 heavy (non-hydrogen) atoms. The van der Waals surface area contributed by atoms with E-state index in [1.807, 2.05) is 7.05 Å². The summed E-state index contributed by atoms with van der Waals surface area (Å²) >= 11 is 3.88. The fourth-order valence-electron chi connectivity index (χ4n) is 1.28. The van der Waals surface area contributed by atoms with Gasteiger partial charge in [0.05, 0.1) is 0 Å². The number of hydrogen-bond acceptors (Lipinski definition) is 4. The number of rotatable bonds is 9. The zero-order valence-electron chi connectivity index (χ0n) is 10.5. The van der Waals surface area contributed by atoms with E-state index in [4.69, 9.17) is 5.11 Å². The van der Waals surface area contributed by atoms with Gasteiger partial charge in [-0.3, -0.25) is 4.79 Å². The first-order valence-corrected chi connectivity index (χ1v) is 6.46. The third-order valence-electron chi connectivity index (χ3n) is 2.43. The van der Waals surface area contributed by atoms with Crippen molar-refractivity contribution in [2.45, 2.75) is 32.2 Å². The molecular weight excluding hydrogens is 240 g/mol. The molecular formula is C11H22N2O3S.